The van der Waals surface area contributed by atoms with Crippen molar-refractivity contribution in [1.82, 2.24) is 0 Å². The summed E-state index contributed by atoms with van der Waals surface area (Å²) < 4.78 is 35.2. The molecule has 9 heteroatoms. The van der Waals surface area contributed by atoms with Crippen LogP contribution in [0, 0.1) is 0 Å². The first kappa shape index (κ1) is 19.2. The molecule has 3 aliphatic heterocycles. The second-order valence-electron chi connectivity index (χ2n) is 6.93. The van der Waals surface area contributed by atoms with Crippen molar-refractivity contribution < 1.29 is 32.9 Å². The average molecular weight is 354 g/mol. The van der Waals surface area contributed by atoms with Gasteiger partial charge in [0.1, 0.15) is 31.0 Å². The van der Waals surface area contributed by atoms with E-state index in [1.54, 1.807) is 0 Å². The Morgan fingerprint density at radius 1 is 0.920 bits per heavy atom. The molecule has 0 spiro atoms. The van der Waals surface area contributed by atoms with Crippen LogP contribution in [-0.4, -0.2) is 57.5 Å². The number of ether oxygens (including phenoxy) is 2. The summed E-state index contributed by atoms with van der Waals surface area (Å²) in [5.74, 6) is -0.331. The fraction of sp³-hybridized carbons (Fsp3) is 0.938. The molecular weight excluding hydrogens is 326 g/mol. The maximum Gasteiger partial charge on any atom is 0.459 e. The van der Waals surface area contributed by atoms with Crippen molar-refractivity contribution in [3.8, 4) is 0 Å². The lowest BCUT2D eigenvalue weighted by Crippen LogP contribution is -2.55. The van der Waals surface area contributed by atoms with Crippen LogP contribution in [0.4, 0.5) is 0 Å². The van der Waals surface area contributed by atoms with Gasteiger partial charge in [-0.05, 0) is 12.6 Å². The third-order valence-corrected chi connectivity index (χ3v) is 4.84. The topological polar surface area (TPSA) is 72.5 Å². The first-order chi connectivity index (χ1) is 12.1. The van der Waals surface area contributed by atoms with Crippen molar-refractivity contribution in [2.75, 3.05) is 6.61 Å². The first-order valence-electron chi connectivity index (χ1n) is 9.53. The molecule has 0 aromatic rings. The second-order valence-corrected chi connectivity index (χ2v) is 6.93. The van der Waals surface area contributed by atoms with E-state index in [1.807, 2.05) is 0 Å². The summed E-state index contributed by atoms with van der Waals surface area (Å²) in [4.78, 5) is 11.2. The average Bonchev–Trinajstić information content (AvgIpc) is 3.13. The highest BCUT2D eigenvalue weighted by Crippen LogP contribution is 2.39. The minimum absolute atomic E-state index is 0.154. The van der Waals surface area contributed by atoms with Gasteiger partial charge in [0.05, 0.1) is 0 Å². The summed E-state index contributed by atoms with van der Waals surface area (Å²) in [6.45, 7) is 5.81. The minimum Gasteiger partial charge on any atom is -0.463 e. The molecule has 0 radical (unpaired) electrons. The first-order valence-corrected chi connectivity index (χ1v) is 9.53. The zero-order chi connectivity index (χ0) is 17.8. The molecule has 3 saturated heterocycles. The van der Waals surface area contributed by atoms with Gasteiger partial charge in [0.25, 0.3) is 0 Å². The van der Waals surface area contributed by atoms with Gasteiger partial charge in [-0.2, -0.15) is 0 Å². The van der Waals surface area contributed by atoms with Crippen LogP contribution >= 0.6 is 0 Å². The lowest BCUT2D eigenvalue weighted by molar-refractivity contribution is -0.160. The maximum absolute atomic E-state index is 11.2. The fourth-order valence-electron chi connectivity index (χ4n) is 3.54. The number of unbranched alkanes of at least 4 members (excludes halogenated alkanes) is 2. The van der Waals surface area contributed by atoms with Crippen molar-refractivity contribution in [2.24, 2.45) is 0 Å². The molecular formula is C16H28B2O7. The predicted octanol–water partition coefficient (Wildman–Crippen LogP) is 2.05. The van der Waals surface area contributed by atoms with Crippen LogP contribution in [-0.2, 0) is 32.9 Å². The number of carbonyl (C=O) groups excluding carboxylic acids is 1. The lowest BCUT2D eigenvalue weighted by atomic mass is 9.78. The smallest absolute Gasteiger partial charge is 0.459 e. The normalized spacial score (nSPS) is 34.1. The third-order valence-electron chi connectivity index (χ3n) is 4.84. The van der Waals surface area contributed by atoms with E-state index in [1.165, 1.54) is 6.92 Å². The quantitative estimate of drug-likeness (QED) is 0.488. The Balaban J connectivity index is 1.63. The van der Waals surface area contributed by atoms with Crippen LogP contribution in [0.3, 0.4) is 0 Å². The molecule has 0 N–H and O–H groups in total. The lowest BCUT2D eigenvalue weighted by Gasteiger charge is -2.37. The highest BCUT2D eigenvalue weighted by atomic mass is 16.8. The molecule has 0 aromatic carbocycles. The number of hydrogen-bond acceptors (Lipinski definition) is 7. The SMILES string of the molecule is CCCCB1O[C@H]2O[C@H]3[C@H](OB(CCCC)O[C@@H]3COC(C)=O)[C@H]2O1. The molecule has 0 unspecified atom stereocenters. The van der Waals surface area contributed by atoms with Gasteiger partial charge in [-0.25, -0.2) is 0 Å². The summed E-state index contributed by atoms with van der Waals surface area (Å²) in [5, 5.41) is 0. The van der Waals surface area contributed by atoms with E-state index < -0.39 is 6.29 Å². The summed E-state index contributed by atoms with van der Waals surface area (Å²) >= 11 is 0. The molecule has 5 atom stereocenters. The molecule has 7 nitrogen and oxygen atoms in total. The Morgan fingerprint density at radius 3 is 2.20 bits per heavy atom. The minimum atomic E-state index is -0.440. The largest absolute Gasteiger partial charge is 0.463 e. The van der Waals surface area contributed by atoms with Gasteiger partial charge in [-0.3, -0.25) is 4.79 Å². The second kappa shape index (κ2) is 8.86. The molecule has 140 valence electrons. The van der Waals surface area contributed by atoms with Crippen molar-refractivity contribution in [2.45, 2.75) is 89.8 Å². The number of esters is 1. The predicted molar refractivity (Wildman–Crippen MR) is 91.9 cm³/mol. The van der Waals surface area contributed by atoms with Gasteiger partial charge in [-0.15, -0.1) is 0 Å². The van der Waals surface area contributed by atoms with E-state index >= 15 is 0 Å². The van der Waals surface area contributed by atoms with Crippen molar-refractivity contribution in [1.29, 1.82) is 0 Å². The molecule has 3 rings (SSSR count). The number of carbonyl (C=O) groups is 1. The van der Waals surface area contributed by atoms with Crippen LogP contribution in [0.15, 0.2) is 0 Å². The number of hydrogen-bond donors (Lipinski definition) is 0. The third kappa shape index (κ3) is 4.57. The summed E-state index contributed by atoms with van der Waals surface area (Å²) in [5.41, 5.74) is 0. The van der Waals surface area contributed by atoms with Gasteiger partial charge in [0, 0.05) is 6.92 Å². The van der Waals surface area contributed by atoms with Crippen molar-refractivity contribution in [3.05, 3.63) is 0 Å². The molecule has 25 heavy (non-hydrogen) atoms. The fourth-order valence-corrected chi connectivity index (χ4v) is 3.54. The number of rotatable bonds is 8. The van der Waals surface area contributed by atoms with Gasteiger partial charge < -0.3 is 28.1 Å². The van der Waals surface area contributed by atoms with E-state index in [-0.39, 0.29) is 51.2 Å². The molecule has 0 aromatic heterocycles. The summed E-state index contributed by atoms with van der Waals surface area (Å²) in [6, 6.07) is 0. The van der Waals surface area contributed by atoms with E-state index in [2.05, 4.69) is 13.8 Å². The van der Waals surface area contributed by atoms with Crippen LogP contribution in [0.2, 0.25) is 12.6 Å². The molecule has 3 heterocycles. The van der Waals surface area contributed by atoms with Crippen LogP contribution in [0.5, 0.6) is 0 Å². The van der Waals surface area contributed by atoms with Gasteiger partial charge in [0.2, 0.25) is 0 Å². The Bertz CT molecular complexity index is 452. The highest BCUT2D eigenvalue weighted by molar-refractivity contribution is 6.45. The summed E-state index contributed by atoms with van der Waals surface area (Å²) in [7, 11) is -0.564. The van der Waals surface area contributed by atoms with E-state index in [4.69, 9.17) is 28.1 Å². The highest BCUT2D eigenvalue weighted by Gasteiger charge is 2.59. The molecule has 0 aliphatic carbocycles. The van der Waals surface area contributed by atoms with Gasteiger partial charge in [-0.1, -0.05) is 39.5 Å². The van der Waals surface area contributed by atoms with Crippen molar-refractivity contribution >= 4 is 20.2 Å². The standard InChI is InChI=1S/C16H28B2O7/c1-4-6-8-17-22-12(10-20-11(3)19)13-14(23-17)15-16(21-13)25-18(24-15)9-7-5-2/h12-16H,4-10H2,1-3H3/t12-,13-,14+,15-,16-/m1/s1. The Kier molecular flexibility index (Phi) is 6.79. The van der Waals surface area contributed by atoms with E-state index in [9.17, 15) is 4.79 Å². The number of fused-ring (bicyclic) bond motifs is 3. The van der Waals surface area contributed by atoms with E-state index in [0.29, 0.717) is 0 Å². The Labute approximate surface area is 150 Å². The monoisotopic (exact) mass is 354 g/mol. The molecule has 3 aliphatic rings. The van der Waals surface area contributed by atoms with Crippen LogP contribution in [0.1, 0.15) is 46.5 Å². The van der Waals surface area contributed by atoms with Crippen LogP contribution < -0.4 is 0 Å². The molecule has 0 amide bonds. The zero-order valence-corrected chi connectivity index (χ0v) is 15.3. The van der Waals surface area contributed by atoms with E-state index in [0.717, 1.165) is 38.3 Å². The zero-order valence-electron chi connectivity index (χ0n) is 15.3. The van der Waals surface area contributed by atoms with Crippen LogP contribution in [0.25, 0.3) is 0 Å². The maximum atomic E-state index is 11.2. The Hall–Kier alpha value is -0.600. The molecule has 0 saturated carbocycles. The van der Waals surface area contributed by atoms with Gasteiger partial charge >= 0.3 is 20.2 Å². The van der Waals surface area contributed by atoms with Gasteiger partial charge in [0.15, 0.2) is 6.29 Å². The summed E-state index contributed by atoms with van der Waals surface area (Å²) in [6.07, 6.45) is 4.22. The molecule has 3 fully saturated rings. The van der Waals surface area contributed by atoms with Crippen molar-refractivity contribution in [3.63, 3.8) is 0 Å². The molecule has 0 bridgehead atoms. The Morgan fingerprint density at radius 2 is 1.56 bits per heavy atom.